The lowest BCUT2D eigenvalue weighted by Crippen LogP contribution is -2.36. The molecular formula is C20H24N2O3. The highest BCUT2D eigenvalue weighted by atomic mass is 16.5. The second-order valence-electron chi connectivity index (χ2n) is 6.07. The predicted molar refractivity (Wildman–Crippen MR) is 96.7 cm³/mol. The molecule has 0 saturated carbocycles. The molecule has 25 heavy (non-hydrogen) atoms. The van der Waals surface area contributed by atoms with Gasteiger partial charge in [-0.1, -0.05) is 30.3 Å². The maximum absolute atomic E-state index is 12.4. The van der Waals surface area contributed by atoms with E-state index in [1.165, 1.54) is 5.56 Å². The summed E-state index contributed by atoms with van der Waals surface area (Å²) in [4.78, 5) is 14.8. The number of hydrogen-bond acceptors (Lipinski definition) is 4. The first-order chi connectivity index (χ1) is 12.3. The van der Waals surface area contributed by atoms with E-state index in [1.807, 2.05) is 24.3 Å². The van der Waals surface area contributed by atoms with Crippen molar-refractivity contribution in [2.45, 2.75) is 13.1 Å². The highest BCUT2D eigenvalue weighted by Gasteiger charge is 2.13. The highest BCUT2D eigenvalue weighted by Crippen LogP contribution is 2.15. The van der Waals surface area contributed by atoms with E-state index >= 15 is 0 Å². The van der Waals surface area contributed by atoms with Crippen LogP contribution >= 0.6 is 0 Å². The largest absolute Gasteiger partial charge is 0.497 e. The van der Waals surface area contributed by atoms with Crippen molar-refractivity contribution in [2.24, 2.45) is 0 Å². The van der Waals surface area contributed by atoms with Crippen LogP contribution in [0.25, 0.3) is 0 Å². The van der Waals surface area contributed by atoms with Gasteiger partial charge in [-0.15, -0.1) is 0 Å². The van der Waals surface area contributed by atoms with Crippen LogP contribution in [0.15, 0.2) is 48.5 Å². The van der Waals surface area contributed by atoms with Crippen molar-refractivity contribution in [3.8, 4) is 5.75 Å². The Morgan fingerprint density at radius 2 is 1.88 bits per heavy atom. The molecule has 3 rings (SSSR count). The summed E-state index contributed by atoms with van der Waals surface area (Å²) < 4.78 is 10.6. The molecule has 1 fully saturated rings. The third-order valence-electron chi connectivity index (χ3n) is 4.39. The van der Waals surface area contributed by atoms with Crippen molar-refractivity contribution >= 4 is 5.91 Å². The minimum absolute atomic E-state index is 0.0972. The number of carbonyl (C=O) groups is 1. The number of benzene rings is 2. The Morgan fingerprint density at radius 3 is 2.64 bits per heavy atom. The van der Waals surface area contributed by atoms with Crippen molar-refractivity contribution in [1.29, 1.82) is 0 Å². The van der Waals surface area contributed by atoms with Gasteiger partial charge in [-0.05, 0) is 29.3 Å². The molecule has 1 amide bonds. The van der Waals surface area contributed by atoms with Gasteiger partial charge in [0.25, 0.3) is 5.91 Å². The van der Waals surface area contributed by atoms with Crippen LogP contribution in [0, 0.1) is 0 Å². The zero-order chi connectivity index (χ0) is 17.5. The Labute approximate surface area is 148 Å². The van der Waals surface area contributed by atoms with Crippen molar-refractivity contribution in [3.63, 3.8) is 0 Å². The van der Waals surface area contributed by atoms with Gasteiger partial charge >= 0.3 is 0 Å². The van der Waals surface area contributed by atoms with Gasteiger partial charge in [0.1, 0.15) is 5.75 Å². The van der Waals surface area contributed by atoms with E-state index in [4.69, 9.17) is 9.47 Å². The van der Waals surface area contributed by atoms with E-state index < -0.39 is 0 Å². The van der Waals surface area contributed by atoms with Gasteiger partial charge in [0.2, 0.25) is 0 Å². The molecule has 2 aromatic rings. The minimum Gasteiger partial charge on any atom is -0.497 e. The first-order valence-corrected chi connectivity index (χ1v) is 8.55. The van der Waals surface area contributed by atoms with Crippen LogP contribution in [0.2, 0.25) is 0 Å². The number of morpholine rings is 1. The molecule has 132 valence electrons. The predicted octanol–water partition coefficient (Wildman–Crippen LogP) is 2.46. The molecule has 0 aromatic heterocycles. The number of methoxy groups -OCH3 is 1. The van der Waals surface area contributed by atoms with Crippen LogP contribution in [0.4, 0.5) is 0 Å². The summed E-state index contributed by atoms with van der Waals surface area (Å²) in [6, 6.07) is 15.4. The molecule has 1 aliphatic heterocycles. The molecule has 1 heterocycles. The van der Waals surface area contributed by atoms with Gasteiger partial charge in [-0.2, -0.15) is 0 Å². The second kappa shape index (κ2) is 8.65. The summed E-state index contributed by atoms with van der Waals surface area (Å²) in [6.07, 6.45) is 0. The van der Waals surface area contributed by atoms with Gasteiger partial charge in [0.05, 0.1) is 20.3 Å². The Morgan fingerprint density at radius 1 is 1.12 bits per heavy atom. The van der Waals surface area contributed by atoms with Crippen LogP contribution in [-0.4, -0.2) is 44.2 Å². The van der Waals surface area contributed by atoms with Gasteiger partial charge in [-0.3, -0.25) is 9.69 Å². The zero-order valence-corrected chi connectivity index (χ0v) is 14.5. The molecule has 0 radical (unpaired) electrons. The van der Waals surface area contributed by atoms with Crippen LogP contribution in [0.1, 0.15) is 21.5 Å². The first kappa shape index (κ1) is 17.5. The topological polar surface area (TPSA) is 50.8 Å². The maximum atomic E-state index is 12.4. The fourth-order valence-electron chi connectivity index (χ4n) is 2.93. The molecule has 5 heteroatoms. The Kier molecular flexibility index (Phi) is 6.04. The smallest absolute Gasteiger partial charge is 0.251 e. The maximum Gasteiger partial charge on any atom is 0.251 e. The number of nitrogens with one attached hydrogen (secondary N) is 1. The van der Waals surface area contributed by atoms with E-state index in [9.17, 15) is 4.79 Å². The zero-order valence-electron chi connectivity index (χ0n) is 14.5. The summed E-state index contributed by atoms with van der Waals surface area (Å²) in [5.74, 6) is 0.584. The third kappa shape index (κ3) is 4.81. The Bertz CT molecular complexity index is 712. The lowest BCUT2D eigenvalue weighted by atomic mass is 10.1. The standard InChI is InChI=1S/C20H24N2O3/c1-24-19-8-4-7-16(13-19)20(23)21-14-17-5-2-3-6-18(17)15-22-9-11-25-12-10-22/h2-8,13H,9-12,14-15H2,1H3,(H,21,23). The van der Waals surface area contributed by atoms with E-state index in [-0.39, 0.29) is 5.91 Å². The van der Waals surface area contributed by atoms with E-state index in [1.54, 1.807) is 19.2 Å². The van der Waals surface area contributed by atoms with Crippen LogP contribution in [-0.2, 0) is 17.8 Å². The minimum atomic E-state index is -0.0972. The second-order valence-corrected chi connectivity index (χ2v) is 6.07. The van der Waals surface area contributed by atoms with Crippen molar-refractivity contribution < 1.29 is 14.3 Å². The van der Waals surface area contributed by atoms with E-state index in [0.29, 0.717) is 17.9 Å². The molecule has 5 nitrogen and oxygen atoms in total. The monoisotopic (exact) mass is 340 g/mol. The average molecular weight is 340 g/mol. The van der Waals surface area contributed by atoms with E-state index in [2.05, 4.69) is 22.3 Å². The molecule has 1 aliphatic rings. The molecule has 0 spiro atoms. The average Bonchev–Trinajstić information content (AvgIpc) is 2.68. The van der Waals surface area contributed by atoms with Crippen molar-refractivity contribution in [2.75, 3.05) is 33.4 Å². The summed E-state index contributed by atoms with van der Waals surface area (Å²) in [5.41, 5.74) is 2.99. The number of rotatable bonds is 6. The third-order valence-corrected chi connectivity index (χ3v) is 4.39. The summed E-state index contributed by atoms with van der Waals surface area (Å²) in [6.45, 7) is 4.86. The number of hydrogen-bond donors (Lipinski definition) is 1. The quantitative estimate of drug-likeness (QED) is 0.878. The van der Waals surface area contributed by atoms with Crippen LogP contribution in [0.3, 0.4) is 0 Å². The molecule has 0 aliphatic carbocycles. The lowest BCUT2D eigenvalue weighted by molar-refractivity contribution is 0.0340. The summed E-state index contributed by atoms with van der Waals surface area (Å²) in [5, 5.41) is 3.01. The molecule has 0 bridgehead atoms. The number of amides is 1. The molecule has 0 unspecified atom stereocenters. The Hall–Kier alpha value is -2.37. The van der Waals surface area contributed by atoms with Crippen molar-refractivity contribution in [3.05, 3.63) is 65.2 Å². The summed E-state index contributed by atoms with van der Waals surface area (Å²) >= 11 is 0. The number of carbonyl (C=O) groups excluding carboxylic acids is 1. The first-order valence-electron chi connectivity index (χ1n) is 8.55. The van der Waals surface area contributed by atoms with Crippen LogP contribution in [0.5, 0.6) is 5.75 Å². The normalized spacial score (nSPS) is 14.9. The molecule has 1 saturated heterocycles. The molecule has 1 N–H and O–H groups in total. The number of ether oxygens (including phenoxy) is 2. The number of nitrogens with zero attached hydrogens (tertiary/aromatic N) is 1. The SMILES string of the molecule is COc1cccc(C(=O)NCc2ccccc2CN2CCOCC2)c1. The van der Waals surface area contributed by atoms with E-state index in [0.717, 1.165) is 38.4 Å². The summed E-state index contributed by atoms with van der Waals surface area (Å²) in [7, 11) is 1.60. The fourth-order valence-corrected chi connectivity index (χ4v) is 2.93. The molecule has 0 atom stereocenters. The van der Waals surface area contributed by atoms with Gasteiger partial charge < -0.3 is 14.8 Å². The molecular weight excluding hydrogens is 316 g/mol. The van der Waals surface area contributed by atoms with Crippen molar-refractivity contribution in [1.82, 2.24) is 10.2 Å². The lowest BCUT2D eigenvalue weighted by Gasteiger charge is -2.27. The Balaban J connectivity index is 1.63. The van der Waals surface area contributed by atoms with Gasteiger partial charge in [0, 0.05) is 31.7 Å². The van der Waals surface area contributed by atoms with Gasteiger partial charge in [0.15, 0.2) is 0 Å². The fraction of sp³-hybridized carbons (Fsp3) is 0.350. The van der Waals surface area contributed by atoms with Crippen LogP contribution < -0.4 is 10.1 Å². The van der Waals surface area contributed by atoms with Gasteiger partial charge in [-0.25, -0.2) is 0 Å². The molecule has 2 aromatic carbocycles. The highest BCUT2D eigenvalue weighted by molar-refractivity contribution is 5.94.